The van der Waals surface area contributed by atoms with Crippen LogP contribution in [0.2, 0.25) is 0 Å². The fourth-order valence-corrected chi connectivity index (χ4v) is 3.83. The number of nitrogens with zero attached hydrogens (tertiary/aromatic N) is 2. The Morgan fingerprint density at radius 3 is 2.59 bits per heavy atom. The molecule has 29 heavy (non-hydrogen) atoms. The summed E-state index contributed by atoms with van der Waals surface area (Å²) in [7, 11) is 4.88. The molecule has 0 fully saturated rings. The van der Waals surface area contributed by atoms with Gasteiger partial charge in [0.15, 0.2) is 11.5 Å². The summed E-state index contributed by atoms with van der Waals surface area (Å²) in [5.41, 5.74) is 3.15. The number of benzene rings is 2. The summed E-state index contributed by atoms with van der Waals surface area (Å²) in [6, 6.07) is 14.1. The van der Waals surface area contributed by atoms with E-state index in [9.17, 15) is 4.79 Å². The third-order valence-corrected chi connectivity index (χ3v) is 5.42. The second-order valence-corrected chi connectivity index (χ2v) is 7.23. The summed E-state index contributed by atoms with van der Waals surface area (Å²) in [5.74, 6) is 1.37. The number of amides is 1. The van der Waals surface area contributed by atoms with Crippen LogP contribution in [0.5, 0.6) is 11.5 Å². The lowest BCUT2D eigenvalue weighted by Gasteiger charge is -2.37. The highest BCUT2D eigenvalue weighted by Crippen LogP contribution is 2.33. The molecule has 3 rings (SSSR count). The number of carbonyl (C=O) groups is 1. The van der Waals surface area contributed by atoms with Crippen LogP contribution in [0.15, 0.2) is 42.5 Å². The fourth-order valence-electron chi connectivity index (χ4n) is 3.83. The molecule has 0 N–H and O–H groups in total. The van der Waals surface area contributed by atoms with Crippen molar-refractivity contribution in [2.75, 3.05) is 50.8 Å². The van der Waals surface area contributed by atoms with Gasteiger partial charge in [0.05, 0.1) is 27.4 Å². The van der Waals surface area contributed by atoms with E-state index in [1.165, 1.54) is 5.56 Å². The summed E-state index contributed by atoms with van der Waals surface area (Å²) in [4.78, 5) is 17.4. The van der Waals surface area contributed by atoms with Crippen LogP contribution < -0.4 is 19.3 Å². The van der Waals surface area contributed by atoms with Crippen LogP contribution in [0.3, 0.4) is 0 Å². The minimum Gasteiger partial charge on any atom is -0.493 e. The van der Waals surface area contributed by atoms with Crippen molar-refractivity contribution in [2.24, 2.45) is 0 Å². The lowest BCUT2D eigenvalue weighted by atomic mass is 9.96. The van der Waals surface area contributed by atoms with Crippen molar-refractivity contribution in [1.29, 1.82) is 0 Å². The van der Waals surface area contributed by atoms with Crippen molar-refractivity contribution < 1.29 is 19.0 Å². The zero-order chi connectivity index (χ0) is 20.8. The van der Waals surface area contributed by atoms with E-state index in [4.69, 9.17) is 14.2 Å². The van der Waals surface area contributed by atoms with E-state index >= 15 is 0 Å². The monoisotopic (exact) mass is 398 g/mol. The van der Waals surface area contributed by atoms with Crippen LogP contribution in [0, 0.1) is 0 Å². The summed E-state index contributed by atoms with van der Waals surface area (Å²) in [6.45, 7) is 3.50. The Kier molecular flexibility index (Phi) is 6.99. The van der Waals surface area contributed by atoms with Gasteiger partial charge in [0.25, 0.3) is 0 Å². The molecule has 0 saturated carbocycles. The van der Waals surface area contributed by atoms with Gasteiger partial charge in [-0.15, -0.1) is 0 Å². The van der Waals surface area contributed by atoms with E-state index in [1.807, 2.05) is 46.2 Å². The Hall–Kier alpha value is -2.73. The topological polar surface area (TPSA) is 51.2 Å². The number of hydrogen-bond acceptors (Lipinski definition) is 5. The van der Waals surface area contributed by atoms with Gasteiger partial charge in [0.2, 0.25) is 5.91 Å². The lowest BCUT2D eigenvalue weighted by molar-refractivity contribution is -0.117. The molecule has 0 aliphatic carbocycles. The third kappa shape index (κ3) is 4.65. The van der Waals surface area contributed by atoms with Crippen LogP contribution in [0.1, 0.15) is 18.9 Å². The van der Waals surface area contributed by atoms with Crippen LogP contribution in [0.4, 0.5) is 11.4 Å². The van der Waals surface area contributed by atoms with Gasteiger partial charge in [0.1, 0.15) is 0 Å². The maximum Gasteiger partial charge on any atom is 0.246 e. The standard InChI is InChI=1S/C23H30N2O4/c1-17-9-10-18-7-5-6-8-20(18)25(17)23(26)16-24(13-14-27-2)19-11-12-21(28-3)22(15-19)29-4/h5-8,11-12,15,17H,9-10,13-14,16H2,1-4H3. The second kappa shape index (κ2) is 9.65. The minimum atomic E-state index is 0.0792. The molecule has 1 heterocycles. The molecule has 0 aromatic heterocycles. The molecular weight excluding hydrogens is 368 g/mol. The molecule has 1 aliphatic rings. The Labute approximate surface area is 173 Å². The number of anilines is 2. The van der Waals surface area contributed by atoms with Gasteiger partial charge in [-0.3, -0.25) is 4.79 Å². The number of carbonyl (C=O) groups excluding carboxylic acids is 1. The molecule has 0 bridgehead atoms. The molecule has 156 valence electrons. The van der Waals surface area contributed by atoms with Crippen molar-refractivity contribution in [1.82, 2.24) is 0 Å². The predicted octanol–water partition coefficient (Wildman–Crippen LogP) is 3.52. The number of para-hydroxylation sites is 1. The van der Waals surface area contributed by atoms with Crippen molar-refractivity contribution >= 4 is 17.3 Å². The Morgan fingerprint density at radius 2 is 1.86 bits per heavy atom. The highest BCUT2D eigenvalue weighted by Gasteiger charge is 2.29. The van der Waals surface area contributed by atoms with Crippen molar-refractivity contribution in [3.63, 3.8) is 0 Å². The average molecular weight is 399 g/mol. The molecule has 1 aliphatic heterocycles. The number of methoxy groups -OCH3 is 3. The zero-order valence-electron chi connectivity index (χ0n) is 17.7. The Balaban J connectivity index is 1.86. The molecular formula is C23H30N2O4. The fraction of sp³-hybridized carbons (Fsp3) is 0.435. The smallest absolute Gasteiger partial charge is 0.246 e. The van der Waals surface area contributed by atoms with Gasteiger partial charge in [-0.1, -0.05) is 18.2 Å². The first-order chi connectivity index (χ1) is 14.1. The van der Waals surface area contributed by atoms with Crippen LogP contribution in [-0.2, 0) is 16.0 Å². The van der Waals surface area contributed by atoms with Crippen molar-refractivity contribution in [2.45, 2.75) is 25.8 Å². The number of ether oxygens (including phenoxy) is 3. The quantitative estimate of drug-likeness (QED) is 0.681. The Bertz CT molecular complexity index is 839. The summed E-state index contributed by atoms with van der Waals surface area (Å²) < 4.78 is 16.1. The highest BCUT2D eigenvalue weighted by atomic mass is 16.5. The van der Waals surface area contributed by atoms with Crippen LogP contribution in [-0.4, -0.2) is 53.0 Å². The van der Waals surface area contributed by atoms with Gasteiger partial charge in [-0.05, 0) is 43.5 Å². The maximum atomic E-state index is 13.4. The van der Waals surface area contributed by atoms with E-state index in [0.29, 0.717) is 24.7 Å². The molecule has 1 unspecified atom stereocenters. The van der Waals surface area contributed by atoms with Crippen LogP contribution in [0.25, 0.3) is 0 Å². The van der Waals surface area contributed by atoms with Gasteiger partial charge in [0, 0.05) is 37.1 Å². The number of aryl methyl sites for hydroxylation is 1. The molecule has 6 heteroatoms. The van der Waals surface area contributed by atoms with Crippen LogP contribution >= 0.6 is 0 Å². The first kappa shape index (κ1) is 21.0. The minimum absolute atomic E-state index is 0.0792. The summed E-state index contributed by atoms with van der Waals surface area (Å²) >= 11 is 0. The first-order valence-corrected chi connectivity index (χ1v) is 9.95. The van der Waals surface area contributed by atoms with Crippen molar-refractivity contribution in [3.8, 4) is 11.5 Å². The van der Waals surface area contributed by atoms with Gasteiger partial charge >= 0.3 is 0 Å². The number of rotatable bonds is 8. The SMILES string of the molecule is COCCN(CC(=O)N1c2ccccc2CCC1C)c1ccc(OC)c(OC)c1. The molecule has 1 amide bonds. The molecule has 2 aromatic rings. The highest BCUT2D eigenvalue weighted by molar-refractivity contribution is 5.98. The lowest BCUT2D eigenvalue weighted by Crippen LogP contribution is -2.47. The predicted molar refractivity (Wildman–Crippen MR) is 115 cm³/mol. The molecule has 0 radical (unpaired) electrons. The summed E-state index contributed by atoms with van der Waals surface area (Å²) in [6.07, 6.45) is 1.97. The van der Waals surface area contributed by atoms with Gasteiger partial charge in [-0.25, -0.2) is 0 Å². The maximum absolute atomic E-state index is 13.4. The van der Waals surface area contributed by atoms with E-state index in [2.05, 4.69) is 13.0 Å². The zero-order valence-corrected chi connectivity index (χ0v) is 17.7. The molecule has 0 spiro atoms. The molecule has 0 saturated heterocycles. The van der Waals surface area contributed by atoms with Gasteiger partial charge in [-0.2, -0.15) is 0 Å². The van der Waals surface area contributed by atoms with E-state index in [-0.39, 0.29) is 18.5 Å². The molecule has 6 nitrogen and oxygen atoms in total. The average Bonchev–Trinajstić information content (AvgIpc) is 2.75. The third-order valence-electron chi connectivity index (χ3n) is 5.42. The first-order valence-electron chi connectivity index (χ1n) is 9.95. The van der Waals surface area contributed by atoms with E-state index in [1.54, 1.807) is 21.3 Å². The van der Waals surface area contributed by atoms with E-state index < -0.39 is 0 Å². The second-order valence-electron chi connectivity index (χ2n) is 7.23. The Morgan fingerprint density at radius 1 is 1.10 bits per heavy atom. The summed E-state index contributed by atoms with van der Waals surface area (Å²) in [5, 5.41) is 0. The van der Waals surface area contributed by atoms with Gasteiger partial charge < -0.3 is 24.0 Å². The number of hydrogen-bond donors (Lipinski definition) is 0. The molecule has 2 aromatic carbocycles. The largest absolute Gasteiger partial charge is 0.493 e. The van der Waals surface area contributed by atoms with E-state index in [0.717, 1.165) is 24.2 Å². The normalized spacial score (nSPS) is 15.6. The van der Waals surface area contributed by atoms with Crippen molar-refractivity contribution in [3.05, 3.63) is 48.0 Å². The number of fused-ring (bicyclic) bond motifs is 1. The molecule has 1 atom stereocenters.